The van der Waals surface area contributed by atoms with Gasteiger partial charge in [0.2, 0.25) is 5.91 Å². The maximum absolute atomic E-state index is 14.6. The van der Waals surface area contributed by atoms with Gasteiger partial charge < -0.3 is 24.5 Å². The van der Waals surface area contributed by atoms with Crippen LogP contribution in [0.2, 0.25) is 0 Å². The molecule has 0 spiro atoms. The van der Waals surface area contributed by atoms with Crippen molar-refractivity contribution in [3.05, 3.63) is 41.7 Å². The Morgan fingerprint density at radius 3 is 2.33 bits per heavy atom. The van der Waals surface area contributed by atoms with Crippen LogP contribution < -0.4 is 0 Å². The maximum Gasteiger partial charge on any atom is 0.407 e. The molecular formula is C31H44N6O5. The van der Waals surface area contributed by atoms with Gasteiger partial charge in [-0.3, -0.25) is 9.59 Å². The number of likely N-dealkylation sites (tertiary alicyclic amines) is 1. The molecule has 11 heteroatoms. The molecule has 1 unspecified atom stereocenters. The first-order valence-corrected chi connectivity index (χ1v) is 15.2. The number of nitrogens with zero attached hydrogens (tertiary/aromatic N) is 6. The summed E-state index contributed by atoms with van der Waals surface area (Å²) < 4.78 is 7.22. The van der Waals surface area contributed by atoms with Gasteiger partial charge in [-0.2, -0.15) is 0 Å². The molecule has 3 amide bonds. The third kappa shape index (κ3) is 6.16. The Labute approximate surface area is 247 Å². The molecule has 1 saturated carbocycles. The number of morpholine rings is 1. The first-order valence-electron chi connectivity index (χ1n) is 15.2. The second kappa shape index (κ2) is 12.0. The summed E-state index contributed by atoms with van der Waals surface area (Å²) in [6.07, 6.45) is 1.22. The smallest absolute Gasteiger partial charge is 0.407 e. The molecule has 1 aromatic carbocycles. The minimum absolute atomic E-state index is 0.0763. The number of rotatable bonds is 7. The Morgan fingerprint density at radius 1 is 1.10 bits per heavy atom. The molecule has 228 valence electrons. The van der Waals surface area contributed by atoms with Crippen molar-refractivity contribution < 1.29 is 24.2 Å². The fourth-order valence-corrected chi connectivity index (χ4v) is 6.64. The number of hydrogen-bond acceptors (Lipinski definition) is 6. The molecule has 0 radical (unpaired) electrons. The van der Waals surface area contributed by atoms with Crippen LogP contribution in [-0.2, 0) is 9.53 Å². The normalized spacial score (nSPS) is 23.2. The van der Waals surface area contributed by atoms with E-state index in [0.717, 1.165) is 24.2 Å². The van der Waals surface area contributed by atoms with Gasteiger partial charge in [-0.15, -0.1) is 5.10 Å². The third-order valence-electron chi connectivity index (χ3n) is 8.54. The molecule has 3 fully saturated rings. The van der Waals surface area contributed by atoms with Gasteiger partial charge in [0.25, 0.3) is 5.91 Å². The highest BCUT2D eigenvalue weighted by molar-refractivity contribution is 5.94. The van der Waals surface area contributed by atoms with Gasteiger partial charge >= 0.3 is 6.09 Å². The van der Waals surface area contributed by atoms with Crippen molar-refractivity contribution in [2.45, 2.75) is 71.9 Å². The quantitative estimate of drug-likeness (QED) is 0.528. The standard InChI is InChI=1S/C31H44N6O5/c1-20(2)18-35(29(39)25-26(21-11-12-21)37(33-32-25)23-9-7-6-8-10-23)24-17-22(28(38)34-13-15-42-16-14-34)19-36(30(40)41)27(24)31(3,4)5/h6-10,20-22,24,27H,11-19H2,1-5H3,(H,40,41)/t22-,24+,27?/m1/s1. The number of benzene rings is 1. The minimum atomic E-state index is -1.08. The highest BCUT2D eigenvalue weighted by atomic mass is 16.5. The van der Waals surface area contributed by atoms with Crippen LogP contribution in [0.1, 0.15) is 76.0 Å². The second-order valence-electron chi connectivity index (χ2n) is 13.4. The van der Waals surface area contributed by atoms with Gasteiger partial charge in [0.15, 0.2) is 5.69 Å². The van der Waals surface area contributed by atoms with Crippen molar-refractivity contribution >= 4 is 17.9 Å². The van der Waals surface area contributed by atoms with Crippen LogP contribution in [-0.4, -0.2) is 104 Å². The summed E-state index contributed by atoms with van der Waals surface area (Å²) in [6, 6.07) is 8.67. The SMILES string of the molecule is CC(C)CN(C(=O)c1nnn(-c2ccccc2)c1C1CC1)[C@H]1C[C@@H](C(=O)N2CCOCC2)CN(C(=O)O)C1C(C)(C)C. The average Bonchev–Trinajstić information content (AvgIpc) is 3.72. The van der Waals surface area contributed by atoms with E-state index >= 15 is 0 Å². The fourth-order valence-electron chi connectivity index (χ4n) is 6.64. The number of carboxylic acid groups (broad SMARTS) is 1. The Bertz CT molecular complexity index is 1280. The van der Waals surface area contributed by atoms with Gasteiger partial charge in [0.05, 0.1) is 42.6 Å². The van der Waals surface area contributed by atoms with Crippen LogP contribution in [0.5, 0.6) is 0 Å². The van der Waals surface area contributed by atoms with Crippen LogP contribution >= 0.6 is 0 Å². The van der Waals surface area contributed by atoms with Gasteiger partial charge in [-0.25, -0.2) is 9.48 Å². The zero-order valence-corrected chi connectivity index (χ0v) is 25.4. The lowest BCUT2D eigenvalue weighted by atomic mass is 9.74. The zero-order chi connectivity index (χ0) is 30.2. The van der Waals surface area contributed by atoms with Crippen LogP contribution in [0.3, 0.4) is 0 Å². The molecular weight excluding hydrogens is 536 g/mol. The Morgan fingerprint density at radius 2 is 1.76 bits per heavy atom. The zero-order valence-electron chi connectivity index (χ0n) is 25.4. The van der Waals surface area contributed by atoms with E-state index in [1.807, 2.05) is 65.0 Å². The topological polar surface area (TPSA) is 121 Å². The number of amides is 3. The van der Waals surface area contributed by atoms with Crippen molar-refractivity contribution in [3.8, 4) is 5.69 Å². The van der Waals surface area contributed by atoms with Crippen molar-refractivity contribution in [3.63, 3.8) is 0 Å². The monoisotopic (exact) mass is 580 g/mol. The average molecular weight is 581 g/mol. The summed E-state index contributed by atoms with van der Waals surface area (Å²) >= 11 is 0. The summed E-state index contributed by atoms with van der Waals surface area (Å²) in [7, 11) is 0. The van der Waals surface area contributed by atoms with Crippen LogP contribution in [0.4, 0.5) is 4.79 Å². The van der Waals surface area contributed by atoms with E-state index < -0.39 is 29.5 Å². The lowest BCUT2D eigenvalue weighted by Crippen LogP contribution is -2.66. The molecule has 5 rings (SSSR count). The predicted molar refractivity (Wildman–Crippen MR) is 156 cm³/mol. The van der Waals surface area contributed by atoms with Gasteiger partial charge in [-0.05, 0) is 42.7 Å². The maximum atomic E-state index is 14.6. The van der Waals surface area contributed by atoms with Crippen molar-refractivity contribution in [1.82, 2.24) is 29.7 Å². The van der Waals surface area contributed by atoms with E-state index in [-0.39, 0.29) is 30.2 Å². The lowest BCUT2D eigenvalue weighted by Gasteiger charge is -2.52. The molecule has 0 bridgehead atoms. The highest BCUT2D eigenvalue weighted by Gasteiger charge is 2.51. The van der Waals surface area contributed by atoms with Crippen LogP contribution in [0.25, 0.3) is 5.69 Å². The fraction of sp³-hybridized carbons (Fsp3) is 0.645. The predicted octanol–water partition coefficient (Wildman–Crippen LogP) is 3.88. The van der Waals surface area contributed by atoms with Crippen molar-refractivity contribution in [2.75, 3.05) is 39.4 Å². The number of carbonyl (C=O) groups is 3. The van der Waals surface area contributed by atoms with E-state index in [0.29, 0.717) is 45.0 Å². The molecule has 3 heterocycles. The number of carbonyl (C=O) groups excluding carboxylic acids is 2. The molecule has 3 atom stereocenters. The van der Waals surface area contributed by atoms with Crippen molar-refractivity contribution in [1.29, 1.82) is 0 Å². The molecule has 42 heavy (non-hydrogen) atoms. The number of ether oxygens (including phenoxy) is 1. The number of piperidine rings is 1. The highest BCUT2D eigenvalue weighted by Crippen LogP contribution is 2.43. The first-order chi connectivity index (χ1) is 20.0. The largest absolute Gasteiger partial charge is 0.465 e. The molecule has 11 nitrogen and oxygen atoms in total. The number of aromatic nitrogens is 3. The molecule has 2 saturated heterocycles. The van der Waals surface area contributed by atoms with E-state index in [9.17, 15) is 19.5 Å². The van der Waals surface area contributed by atoms with Gasteiger partial charge in [0, 0.05) is 32.1 Å². The van der Waals surface area contributed by atoms with E-state index in [1.54, 1.807) is 14.5 Å². The Hall–Kier alpha value is -3.47. The van der Waals surface area contributed by atoms with E-state index in [2.05, 4.69) is 10.3 Å². The first kappa shape index (κ1) is 30.0. The van der Waals surface area contributed by atoms with Gasteiger partial charge in [-0.1, -0.05) is 58.0 Å². The van der Waals surface area contributed by atoms with E-state index in [1.165, 1.54) is 4.90 Å². The molecule has 1 aliphatic carbocycles. The summed E-state index contributed by atoms with van der Waals surface area (Å²) in [6.45, 7) is 12.5. The summed E-state index contributed by atoms with van der Waals surface area (Å²) in [5, 5.41) is 19.3. The van der Waals surface area contributed by atoms with E-state index in [4.69, 9.17) is 4.74 Å². The van der Waals surface area contributed by atoms with Crippen molar-refractivity contribution in [2.24, 2.45) is 17.3 Å². The third-order valence-corrected chi connectivity index (χ3v) is 8.54. The molecule has 2 aliphatic heterocycles. The summed E-state index contributed by atoms with van der Waals surface area (Å²) in [4.78, 5) is 46.1. The summed E-state index contributed by atoms with van der Waals surface area (Å²) in [5.74, 6) is -0.592. The van der Waals surface area contributed by atoms with Crippen LogP contribution in [0, 0.1) is 17.3 Å². The molecule has 3 aliphatic rings. The Kier molecular flexibility index (Phi) is 8.59. The minimum Gasteiger partial charge on any atom is -0.465 e. The summed E-state index contributed by atoms with van der Waals surface area (Å²) in [5.41, 5.74) is 1.48. The van der Waals surface area contributed by atoms with Crippen LogP contribution in [0.15, 0.2) is 30.3 Å². The lowest BCUT2D eigenvalue weighted by molar-refractivity contribution is -0.144. The Balaban J connectivity index is 1.56. The second-order valence-corrected chi connectivity index (χ2v) is 13.4. The molecule has 2 aromatic rings. The number of hydrogen-bond donors (Lipinski definition) is 1. The van der Waals surface area contributed by atoms with Gasteiger partial charge in [0.1, 0.15) is 0 Å². The number of para-hydroxylation sites is 1. The molecule has 1 N–H and O–H groups in total. The molecule has 1 aromatic heterocycles.